The van der Waals surface area contributed by atoms with E-state index in [9.17, 15) is 8.78 Å². The molecule has 1 atom stereocenters. The number of hydrogen-bond acceptors (Lipinski definition) is 2. The molecule has 0 spiro atoms. The summed E-state index contributed by atoms with van der Waals surface area (Å²) in [6.07, 6.45) is -4.19. The molecule has 4 heteroatoms. The van der Waals surface area contributed by atoms with Crippen LogP contribution in [-0.2, 0) is 0 Å². The first-order chi connectivity index (χ1) is 4.54. The molecule has 1 unspecified atom stereocenters. The van der Waals surface area contributed by atoms with E-state index in [4.69, 9.17) is 5.11 Å². The molecule has 0 radical (unpaired) electrons. The molecule has 0 aromatic heterocycles. The third-order valence-electron chi connectivity index (χ3n) is 1.03. The monoisotopic (exact) mass is 153 g/mol. The van der Waals surface area contributed by atoms with Gasteiger partial charge in [0, 0.05) is 12.6 Å². The molecule has 0 aromatic carbocycles. The highest BCUT2D eigenvalue weighted by atomic mass is 19.3. The van der Waals surface area contributed by atoms with Crippen molar-refractivity contribution in [3.8, 4) is 0 Å². The van der Waals surface area contributed by atoms with Gasteiger partial charge in [0.15, 0.2) is 0 Å². The fourth-order valence-electron chi connectivity index (χ4n) is 0.446. The molecule has 0 bridgehead atoms. The molecule has 0 aliphatic rings. The first-order valence-electron chi connectivity index (χ1n) is 3.23. The van der Waals surface area contributed by atoms with E-state index in [1.54, 1.807) is 0 Å². The topological polar surface area (TPSA) is 32.3 Å². The highest BCUT2D eigenvalue weighted by Crippen LogP contribution is 1.98. The van der Waals surface area contributed by atoms with Crippen molar-refractivity contribution in [1.82, 2.24) is 5.32 Å². The lowest BCUT2D eigenvalue weighted by Gasteiger charge is -2.12. The van der Waals surface area contributed by atoms with Crippen LogP contribution in [0.4, 0.5) is 8.78 Å². The molecule has 0 aromatic rings. The average Bonchev–Trinajstić information content (AvgIpc) is 1.82. The first-order valence-corrected chi connectivity index (χ1v) is 3.23. The maximum absolute atomic E-state index is 11.6. The fourth-order valence-corrected chi connectivity index (χ4v) is 0.446. The van der Waals surface area contributed by atoms with Crippen molar-refractivity contribution in [3.05, 3.63) is 0 Å². The molecule has 0 aliphatic heterocycles. The third kappa shape index (κ3) is 4.64. The molecular weight excluding hydrogens is 140 g/mol. The predicted molar refractivity (Wildman–Crippen MR) is 35.1 cm³/mol. The highest BCUT2D eigenvalue weighted by Gasteiger charge is 2.15. The summed E-state index contributed by atoms with van der Waals surface area (Å²) in [5, 5.41) is 11.3. The summed E-state index contributed by atoms with van der Waals surface area (Å²) in [7, 11) is 0. The Labute approximate surface area is 59.2 Å². The molecule has 0 fully saturated rings. The maximum atomic E-state index is 11.6. The van der Waals surface area contributed by atoms with Gasteiger partial charge in [0.1, 0.15) is 6.10 Å². The normalized spacial score (nSPS) is 14.7. The van der Waals surface area contributed by atoms with Crippen LogP contribution in [0.2, 0.25) is 0 Å². The Kier molecular flexibility index (Phi) is 4.47. The van der Waals surface area contributed by atoms with Crippen molar-refractivity contribution < 1.29 is 13.9 Å². The molecule has 0 amide bonds. The van der Waals surface area contributed by atoms with Crippen LogP contribution in [0.25, 0.3) is 0 Å². The minimum Gasteiger partial charge on any atom is -0.386 e. The summed E-state index contributed by atoms with van der Waals surface area (Å²) < 4.78 is 23.2. The molecule has 0 saturated heterocycles. The van der Waals surface area contributed by atoms with Gasteiger partial charge in [0.05, 0.1) is 0 Å². The smallest absolute Gasteiger partial charge is 0.265 e. The molecule has 0 rings (SSSR count). The van der Waals surface area contributed by atoms with Gasteiger partial charge in [-0.05, 0) is 0 Å². The predicted octanol–water partition coefficient (Wildman–Crippen LogP) is 0.610. The Balaban J connectivity index is 3.30. The van der Waals surface area contributed by atoms with Crippen LogP contribution in [0.5, 0.6) is 0 Å². The number of aliphatic hydroxyl groups is 1. The van der Waals surface area contributed by atoms with Crippen molar-refractivity contribution in [2.24, 2.45) is 0 Å². The van der Waals surface area contributed by atoms with E-state index in [0.717, 1.165) is 0 Å². The van der Waals surface area contributed by atoms with Crippen LogP contribution in [0.1, 0.15) is 13.8 Å². The van der Waals surface area contributed by atoms with Gasteiger partial charge < -0.3 is 10.4 Å². The van der Waals surface area contributed by atoms with E-state index in [-0.39, 0.29) is 12.6 Å². The van der Waals surface area contributed by atoms with Crippen molar-refractivity contribution >= 4 is 0 Å². The van der Waals surface area contributed by atoms with Gasteiger partial charge in [0.25, 0.3) is 6.43 Å². The van der Waals surface area contributed by atoms with Crippen LogP contribution >= 0.6 is 0 Å². The van der Waals surface area contributed by atoms with Gasteiger partial charge in [-0.1, -0.05) is 13.8 Å². The van der Waals surface area contributed by atoms with Crippen molar-refractivity contribution in [2.75, 3.05) is 6.54 Å². The summed E-state index contributed by atoms with van der Waals surface area (Å²) in [6, 6.07) is 0.133. The van der Waals surface area contributed by atoms with E-state index in [2.05, 4.69) is 5.32 Å². The molecule has 62 valence electrons. The number of halogens is 2. The summed E-state index contributed by atoms with van der Waals surface area (Å²) in [4.78, 5) is 0. The Bertz CT molecular complexity index is 87.8. The third-order valence-corrected chi connectivity index (χ3v) is 1.03. The zero-order valence-electron chi connectivity index (χ0n) is 6.14. The number of aliphatic hydroxyl groups excluding tert-OH is 1. The van der Waals surface area contributed by atoms with E-state index in [1.807, 2.05) is 13.8 Å². The van der Waals surface area contributed by atoms with Gasteiger partial charge in [-0.15, -0.1) is 0 Å². The molecule has 0 saturated carbocycles. The fraction of sp³-hybridized carbons (Fsp3) is 1.00. The molecule has 2 nitrogen and oxygen atoms in total. The summed E-state index contributed by atoms with van der Waals surface area (Å²) in [5.41, 5.74) is 0. The highest BCUT2D eigenvalue weighted by molar-refractivity contribution is 4.63. The van der Waals surface area contributed by atoms with Gasteiger partial charge in [0.2, 0.25) is 0 Å². The van der Waals surface area contributed by atoms with Gasteiger partial charge in [-0.2, -0.15) is 0 Å². The van der Waals surface area contributed by atoms with Crippen LogP contribution in [0, 0.1) is 0 Å². The zero-order chi connectivity index (χ0) is 8.15. The number of rotatable bonds is 4. The lowest BCUT2D eigenvalue weighted by Crippen LogP contribution is -2.35. The standard InChI is InChI=1S/C6H13F2NO/c1-4(2)9-3-5(10)6(7)8/h4-6,9-10H,3H2,1-2H3. The van der Waals surface area contributed by atoms with Crippen molar-refractivity contribution in [2.45, 2.75) is 32.4 Å². The Morgan fingerprint density at radius 1 is 1.40 bits per heavy atom. The van der Waals surface area contributed by atoms with Gasteiger partial charge >= 0.3 is 0 Å². The van der Waals surface area contributed by atoms with Crippen LogP contribution < -0.4 is 5.32 Å². The number of alkyl halides is 2. The van der Waals surface area contributed by atoms with E-state index in [0.29, 0.717) is 0 Å². The molecule has 0 heterocycles. The zero-order valence-corrected chi connectivity index (χ0v) is 6.14. The van der Waals surface area contributed by atoms with E-state index in [1.165, 1.54) is 0 Å². The molecule has 10 heavy (non-hydrogen) atoms. The Morgan fingerprint density at radius 3 is 2.20 bits per heavy atom. The lowest BCUT2D eigenvalue weighted by molar-refractivity contribution is -0.00410. The van der Waals surface area contributed by atoms with Crippen LogP contribution in [-0.4, -0.2) is 30.2 Å². The first kappa shape index (κ1) is 9.78. The van der Waals surface area contributed by atoms with E-state index < -0.39 is 12.5 Å². The minimum absolute atomic E-state index is 0.0463. The van der Waals surface area contributed by atoms with Crippen molar-refractivity contribution in [1.29, 1.82) is 0 Å². The minimum atomic E-state index is -2.65. The van der Waals surface area contributed by atoms with E-state index >= 15 is 0 Å². The summed E-state index contributed by atoms with van der Waals surface area (Å²) in [5.74, 6) is 0. The molecular formula is C6H13F2NO. The second-order valence-electron chi connectivity index (χ2n) is 2.46. The largest absolute Gasteiger partial charge is 0.386 e. The Morgan fingerprint density at radius 2 is 1.90 bits per heavy atom. The second-order valence-corrected chi connectivity index (χ2v) is 2.46. The maximum Gasteiger partial charge on any atom is 0.265 e. The molecule has 2 N–H and O–H groups in total. The second kappa shape index (κ2) is 4.57. The summed E-state index contributed by atoms with van der Waals surface area (Å²) >= 11 is 0. The van der Waals surface area contributed by atoms with Gasteiger partial charge in [-0.25, -0.2) is 8.78 Å². The number of nitrogens with one attached hydrogen (secondary N) is 1. The average molecular weight is 153 g/mol. The summed E-state index contributed by atoms with van der Waals surface area (Å²) in [6.45, 7) is 3.62. The van der Waals surface area contributed by atoms with Crippen molar-refractivity contribution in [3.63, 3.8) is 0 Å². The molecule has 0 aliphatic carbocycles. The van der Waals surface area contributed by atoms with Crippen LogP contribution in [0.15, 0.2) is 0 Å². The lowest BCUT2D eigenvalue weighted by atomic mass is 10.3. The number of hydrogen-bond donors (Lipinski definition) is 2. The van der Waals surface area contributed by atoms with Crippen LogP contribution in [0.3, 0.4) is 0 Å². The SMILES string of the molecule is CC(C)NCC(O)C(F)F. The van der Waals surface area contributed by atoms with Gasteiger partial charge in [-0.3, -0.25) is 0 Å². The Hall–Kier alpha value is -0.220. The quantitative estimate of drug-likeness (QED) is 0.620.